The summed E-state index contributed by atoms with van der Waals surface area (Å²) in [5.74, 6) is 2.83. The zero-order valence-electron chi connectivity index (χ0n) is 34.4. The van der Waals surface area contributed by atoms with E-state index in [1.807, 2.05) is 0 Å². The summed E-state index contributed by atoms with van der Waals surface area (Å²) < 4.78 is 7.63. The van der Waals surface area contributed by atoms with Crippen LogP contribution in [0.5, 0.6) is 0 Å². The third-order valence-corrected chi connectivity index (χ3v) is 14.8. The standard InChI is InChI=1S/C52H62Br2N2/c1-5-9-13-35(7-3)31-39-15-11-17-45-47-33-41(53)23-29-49(47)55(51(39)45)43-25-19-37(20-26-43)38-21-27-44(28-22-38)56-50-30-24-42(54)34-48(50)46-18-12-16-40(52(46)56)32-36(8-4)14-10-6-2/h19-30,33-36,39-40H,5-18,31-32H2,1-4H3. The first-order chi connectivity index (χ1) is 27.4. The van der Waals surface area contributed by atoms with Crippen LogP contribution < -0.4 is 0 Å². The maximum absolute atomic E-state index is 3.82. The Morgan fingerprint density at radius 2 is 0.964 bits per heavy atom. The van der Waals surface area contributed by atoms with Gasteiger partial charge in [-0.1, -0.05) is 135 Å². The van der Waals surface area contributed by atoms with Gasteiger partial charge in [-0.15, -0.1) is 0 Å². The van der Waals surface area contributed by atoms with Gasteiger partial charge < -0.3 is 9.13 Å². The van der Waals surface area contributed by atoms with Gasteiger partial charge in [-0.25, -0.2) is 0 Å². The number of aromatic nitrogens is 2. The first kappa shape index (κ1) is 39.7. The van der Waals surface area contributed by atoms with Crippen LogP contribution >= 0.6 is 31.9 Å². The molecule has 8 rings (SSSR count). The highest BCUT2D eigenvalue weighted by Crippen LogP contribution is 2.46. The molecule has 2 aliphatic rings. The minimum Gasteiger partial charge on any atom is -0.313 e. The normalized spacial score (nSPS) is 18.0. The summed E-state index contributed by atoms with van der Waals surface area (Å²) in [4.78, 5) is 0. The molecule has 0 spiro atoms. The van der Waals surface area contributed by atoms with Crippen LogP contribution in [0.3, 0.4) is 0 Å². The summed E-state index contributed by atoms with van der Waals surface area (Å²) in [5.41, 5.74) is 14.2. The molecule has 4 aromatic carbocycles. The first-order valence-corrected chi connectivity index (χ1v) is 23.9. The van der Waals surface area contributed by atoms with Crippen molar-refractivity contribution in [2.24, 2.45) is 11.8 Å². The maximum Gasteiger partial charge on any atom is 0.0535 e. The molecule has 0 radical (unpaired) electrons. The number of nitrogens with zero attached hydrogens (tertiary/aromatic N) is 2. The van der Waals surface area contributed by atoms with Gasteiger partial charge in [0.2, 0.25) is 0 Å². The van der Waals surface area contributed by atoms with Crippen LogP contribution in [0.25, 0.3) is 44.3 Å². The molecule has 2 nitrogen and oxygen atoms in total. The van der Waals surface area contributed by atoms with E-state index in [1.54, 1.807) is 22.5 Å². The lowest BCUT2D eigenvalue weighted by atomic mass is 9.79. The Hall–Kier alpha value is -3.08. The number of rotatable bonds is 15. The number of fused-ring (bicyclic) bond motifs is 6. The summed E-state index contributed by atoms with van der Waals surface area (Å²) in [6.45, 7) is 9.48. The van der Waals surface area contributed by atoms with Crippen molar-refractivity contribution in [3.8, 4) is 22.5 Å². The Kier molecular flexibility index (Phi) is 12.6. The number of hydrogen-bond donors (Lipinski definition) is 0. The quantitative estimate of drug-likeness (QED) is 0.0973. The summed E-state index contributed by atoms with van der Waals surface area (Å²) in [7, 11) is 0. The zero-order chi connectivity index (χ0) is 38.8. The van der Waals surface area contributed by atoms with Gasteiger partial charge in [-0.3, -0.25) is 0 Å². The number of aryl methyl sites for hydroxylation is 2. The molecular formula is C52H62Br2N2. The predicted octanol–water partition coefficient (Wildman–Crippen LogP) is 16.8. The fourth-order valence-electron chi connectivity index (χ4n) is 10.8. The van der Waals surface area contributed by atoms with Gasteiger partial charge in [-0.05, 0) is 146 Å². The third-order valence-electron chi connectivity index (χ3n) is 13.8. The lowest BCUT2D eigenvalue weighted by Gasteiger charge is -2.29. The highest BCUT2D eigenvalue weighted by molar-refractivity contribution is 9.10. The van der Waals surface area contributed by atoms with E-state index >= 15 is 0 Å². The van der Waals surface area contributed by atoms with E-state index in [0.29, 0.717) is 11.8 Å². The van der Waals surface area contributed by atoms with Crippen LogP contribution in [0.2, 0.25) is 0 Å². The van der Waals surface area contributed by atoms with Crippen molar-refractivity contribution in [1.29, 1.82) is 0 Å². The Labute approximate surface area is 353 Å². The van der Waals surface area contributed by atoms with Gasteiger partial charge in [0.15, 0.2) is 0 Å². The third kappa shape index (κ3) is 7.88. The summed E-state index contributed by atoms with van der Waals surface area (Å²) in [6, 6.07) is 32.8. The Bertz CT molecular complexity index is 2090. The molecule has 4 atom stereocenters. The lowest BCUT2D eigenvalue weighted by Crippen LogP contribution is -2.17. The van der Waals surface area contributed by atoms with Gasteiger partial charge in [-0.2, -0.15) is 0 Å². The molecule has 0 aliphatic heterocycles. The van der Waals surface area contributed by atoms with Crippen molar-refractivity contribution in [2.45, 2.75) is 142 Å². The highest BCUT2D eigenvalue weighted by atomic mass is 79.9. The van der Waals surface area contributed by atoms with Crippen molar-refractivity contribution < 1.29 is 0 Å². The fraction of sp³-hybridized carbons (Fsp3) is 0.462. The second kappa shape index (κ2) is 17.8. The molecule has 0 bridgehead atoms. The molecule has 2 heterocycles. The van der Waals surface area contributed by atoms with Crippen LogP contribution in [0.4, 0.5) is 0 Å². The van der Waals surface area contributed by atoms with Gasteiger partial charge in [0.25, 0.3) is 0 Å². The average Bonchev–Trinajstić information content (AvgIpc) is 3.74. The predicted molar refractivity (Wildman–Crippen MR) is 248 cm³/mol. The van der Waals surface area contributed by atoms with E-state index in [2.05, 4.69) is 154 Å². The monoisotopic (exact) mass is 872 g/mol. The zero-order valence-corrected chi connectivity index (χ0v) is 37.5. The highest BCUT2D eigenvalue weighted by Gasteiger charge is 2.31. The van der Waals surface area contributed by atoms with Crippen molar-refractivity contribution in [1.82, 2.24) is 9.13 Å². The second-order valence-corrected chi connectivity index (χ2v) is 19.1. The summed E-state index contributed by atoms with van der Waals surface area (Å²) >= 11 is 7.63. The molecule has 56 heavy (non-hydrogen) atoms. The van der Waals surface area contributed by atoms with Crippen molar-refractivity contribution >= 4 is 53.7 Å². The van der Waals surface area contributed by atoms with Crippen LogP contribution in [-0.2, 0) is 12.8 Å². The van der Waals surface area contributed by atoms with Crippen LogP contribution in [0.15, 0.2) is 93.9 Å². The topological polar surface area (TPSA) is 9.86 Å². The molecule has 2 aromatic heterocycles. The number of unbranched alkanes of at least 4 members (excludes halogenated alkanes) is 2. The fourth-order valence-corrected chi connectivity index (χ4v) is 11.5. The largest absolute Gasteiger partial charge is 0.313 e. The van der Waals surface area contributed by atoms with Gasteiger partial charge in [0, 0.05) is 54.3 Å². The van der Waals surface area contributed by atoms with E-state index in [9.17, 15) is 0 Å². The van der Waals surface area contributed by atoms with E-state index < -0.39 is 0 Å². The summed E-state index contributed by atoms with van der Waals surface area (Å²) in [6.07, 6.45) is 20.7. The molecule has 0 amide bonds. The van der Waals surface area contributed by atoms with Crippen LogP contribution in [-0.4, -0.2) is 9.13 Å². The Morgan fingerprint density at radius 1 is 0.554 bits per heavy atom. The van der Waals surface area contributed by atoms with Gasteiger partial charge in [0.05, 0.1) is 11.0 Å². The number of hydrogen-bond acceptors (Lipinski definition) is 0. The average molecular weight is 875 g/mol. The number of benzene rings is 4. The maximum atomic E-state index is 3.82. The number of halogens is 2. The van der Waals surface area contributed by atoms with E-state index in [1.165, 1.54) is 156 Å². The SMILES string of the molecule is CCCCC(CC)CC1CCCc2c1n(-c1ccc(-c3ccc(-n4c5c(c6cc(Br)ccc64)CCCC5CC(CC)CCCC)cc3)cc1)c1ccc(Br)cc21. The van der Waals surface area contributed by atoms with E-state index in [-0.39, 0.29) is 0 Å². The van der Waals surface area contributed by atoms with Crippen LogP contribution in [0, 0.1) is 11.8 Å². The molecule has 294 valence electrons. The lowest BCUT2D eigenvalue weighted by molar-refractivity contribution is 0.359. The molecule has 0 saturated carbocycles. The van der Waals surface area contributed by atoms with Crippen molar-refractivity contribution in [3.05, 3.63) is 116 Å². The molecule has 4 unspecified atom stereocenters. The minimum absolute atomic E-state index is 0.611. The molecule has 0 saturated heterocycles. The first-order valence-electron chi connectivity index (χ1n) is 22.3. The van der Waals surface area contributed by atoms with Gasteiger partial charge in [0.1, 0.15) is 0 Å². The molecule has 0 N–H and O–H groups in total. The van der Waals surface area contributed by atoms with Gasteiger partial charge >= 0.3 is 0 Å². The van der Waals surface area contributed by atoms with Crippen molar-refractivity contribution in [2.75, 3.05) is 0 Å². The Balaban J connectivity index is 1.13. The summed E-state index contributed by atoms with van der Waals surface area (Å²) in [5, 5.41) is 2.86. The molecule has 0 fully saturated rings. The Morgan fingerprint density at radius 3 is 1.34 bits per heavy atom. The molecule has 6 aromatic rings. The molecule has 4 heteroatoms. The molecule has 2 aliphatic carbocycles. The minimum atomic E-state index is 0.611. The second-order valence-electron chi connectivity index (χ2n) is 17.3. The van der Waals surface area contributed by atoms with E-state index in [0.717, 1.165) is 11.8 Å². The smallest absolute Gasteiger partial charge is 0.0535 e. The molecular weight excluding hydrogens is 812 g/mol. The van der Waals surface area contributed by atoms with Crippen LogP contribution in [0.1, 0.15) is 152 Å². The van der Waals surface area contributed by atoms with Crippen molar-refractivity contribution in [3.63, 3.8) is 0 Å². The van der Waals surface area contributed by atoms with E-state index in [4.69, 9.17) is 0 Å².